The third kappa shape index (κ3) is 3.93. The lowest BCUT2D eigenvalue weighted by Gasteiger charge is -2.21. The van der Waals surface area contributed by atoms with Crippen LogP contribution < -0.4 is 10.3 Å². The predicted molar refractivity (Wildman–Crippen MR) is 127 cm³/mol. The highest BCUT2D eigenvalue weighted by atomic mass is 32.2. The average Bonchev–Trinajstić information content (AvgIpc) is 3.36. The standard InChI is InChI=1S/C26H23FN2O3S/c27-22-15-21-23(16-24(22)28-13-7-8-14-28)29(17-19-9-3-1-4-10-19)18-25(26(21)30)33(31,32)20-11-5-2-6-12-20/h1-6,9-12,15-16,18H,7-8,13-14,17H2. The van der Waals surface area contributed by atoms with Crippen molar-refractivity contribution >= 4 is 26.4 Å². The zero-order valence-electron chi connectivity index (χ0n) is 17.9. The molecule has 1 saturated heterocycles. The van der Waals surface area contributed by atoms with Gasteiger partial charge in [0.25, 0.3) is 0 Å². The highest BCUT2D eigenvalue weighted by Gasteiger charge is 2.25. The van der Waals surface area contributed by atoms with E-state index in [4.69, 9.17) is 0 Å². The second-order valence-electron chi connectivity index (χ2n) is 8.27. The minimum Gasteiger partial charge on any atom is -0.369 e. The van der Waals surface area contributed by atoms with Crippen LogP contribution in [0.1, 0.15) is 18.4 Å². The molecule has 0 amide bonds. The fourth-order valence-electron chi connectivity index (χ4n) is 4.40. The van der Waals surface area contributed by atoms with Crippen molar-refractivity contribution in [3.63, 3.8) is 0 Å². The van der Waals surface area contributed by atoms with E-state index < -0.39 is 21.1 Å². The van der Waals surface area contributed by atoms with Crippen LogP contribution >= 0.6 is 0 Å². The van der Waals surface area contributed by atoms with E-state index in [1.165, 1.54) is 24.4 Å². The Morgan fingerprint density at radius 2 is 1.52 bits per heavy atom. The SMILES string of the molecule is O=c1c(S(=O)(=O)c2ccccc2)cn(Cc2ccccc2)c2cc(N3CCCC3)c(F)cc12. The number of sulfone groups is 1. The van der Waals surface area contributed by atoms with Crippen molar-refractivity contribution in [1.29, 1.82) is 0 Å². The summed E-state index contributed by atoms with van der Waals surface area (Å²) in [6.07, 6.45) is 3.37. The van der Waals surface area contributed by atoms with Crippen LogP contribution in [0.4, 0.5) is 10.1 Å². The number of anilines is 1. The minimum atomic E-state index is -4.08. The number of rotatable bonds is 5. The third-order valence-corrected chi connectivity index (χ3v) is 7.86. The van der Waals surface area contributed by atoms with Crippen LogP contribution in [-0.4, -0.2) is 26.1 Å². The Kier molecular flexibility index (Phi) is 5.50. The fraction of sp³-hybridized carbons (Fsp3) is 0.192. The molecule has 1 aromatic heterocycles. The van der Waals surface area contributed by atoms with E-state index in [-0.39, 0.29) is 15.2 Å². The molecule has 168 valence electrons. The van der Waals surface area contributed by atoms with Crippen LogP contribution in [0.15, 0.2) is 93.6 Å². The Hall–Kier alpha value is -3.45. The Bertz CT molecular complexity index is 1480. The monoisotopic (exact) mass is 462 g/mol. The van der Waals surface area contributed by atoms with Crippen molar-refractivity contribution in [2.45, 2.75) is 29.2 Å². The number of benzene rings is 3. The molecule has 0 spiro atoms. The van der Waals surface area contributed by atoms with Gasteiger partial charge in [0.1, 0.15) is 10.7 Å². The minimum absolute atomic E-state index is 0.0295. The molecule has 1 fully saturated rings. The van der Waals surface area contributed by atoms with E-state index in [0.29, 0.717) is 17.7 Å². The molecule has 3 aromatic carbocycles. The molecule has 5 nitrogen and oxygen atoms in total. The maximum Gasteiger partial charge on any atom is 0.211 e. The van der Waals surface area contributed by atoms with E-state index >= 15 is 4.39 Å². The Labute approximate surface area is 191 Å². The average molecular weight is 463 g/mol. The van der Waals surface area contributed by atoms with E-state index in [2.05, 4.69) is 0 Å². The van der Waals surface area contributed by atoms with Gasteiger partial charge in [-0.25, -0.2) is 12.8 Å². The van der Waals surface area contributed by atoms with Gasteiger partial charge in [0, 0.05) is 25.8 Å². The Morgan fingerprint density at radius 1 is 0.879 bits per heavy atom. The first-order chi connectivity index (χ1) is 15.9. The lowest BCUT2D eigenvalue weighted by Crippen LogP contribution is -2.22. The van der Waals surface area contributed by atoms with Gasteiger partial charge < -0.3 is 9.47 Å². The molecule has 0 aliphatic carbocycles. The fourth-order valence-corrected chi connectivity index (χ4v) is 5.79. The van der Waals surface area contributed by atoms with Crippen LogP contribution in [0.3, 0.4) is 0 Å². The van der Waals surface area contributed by atoms with Gasteiger partial charge in [-0.15, -0.1) is 0 Å². The second kappa shape index (κ2) is 8.48. The maximum absolute atomic E-state index is 15.1. The molecule has 4 aromatic rings. The zero-order chi connectivity index (χ0) is 23.0. The first-order valence-electron chi connectivity index (χ1n) is 10.9. The third-order valence-electron chi connectivity index (χ3n) is 6.10. The van der Waals surface area contributed by atoms with Gasteiger partial charge in [0.15, 0.2) is 0 Å². The first kappa shape index (κ1) is 21.4. The van der Waals surface area contributed by atoms with E-state index in [9.17, 15) is 13.2 Å². The molecular formula is C26H23FN2O3S. The zero-order valence-corrected chi connectivity index (χ0v) is 18.8. The number of nitrogens with zero attached hydrogens (tertiary/aromatic N) is 2. The highest BCUT2D eigenvalue weighted by Crippen LogP contribution is 2.29. The van der Waals surface area contributed by atoms with Gasteiger partial charge in [0.2, 0.25) is 15.3 Å². The number of aromatic nitrogens is 1. The molecule has 1 aliphatic rings. The summed E-state index contributed by atoms with van der Waals surface area (Å²) >= 11 is 0. The van der Waals surface area contributed by atoms with Crippen molar-refractivity contribution in [1.82, 2.24) is 4.57 Å². The largest absolute Gasteiger partial charge is 0.369 e. The summed E-state index contributed by atoms with van der Waals surface area (Å²) in [5.74, 6) is -0.512. The van der Waals surface area contributed by atoms with Gasteiger partial charge in [-0.2, -0.15) is 0 Å². The molecule has 33 heavy (non-hydrogen) atoms. The van der Waals surface area contributed by atoms with Crippen molar-refractivity contribution in [2.24, 2.45) is 0 Å². The lowest BCUT2D eigenvalue weighted by atomic mass is 10.1. The van der Waals surface area contributed by atoms with Gasteiger partial charge in [-0.3, -0.25) is 4.79 Å². The van der Waals surface area contributed by atoms with Crippen LogP contribution in [0.5, 0.6) is 0 Å². The summed E-state index contributed by atoms with van der Waals surface area (Å²) in [6, 6.07) is 20.3. The molecule has 0 N–H and O–H groups in total. The second-order valence-corrected chi connectivity index (χ2v) is 10.2. The van der Waals surface area contributed by atoms with Crippen LogP contribution in [0.25, 0.3) is 10.9 Å². The topological polar surface area (TPSA) is 59.4 Å². The van der Waals surface area contributed by atoms with Crippen molar-refractivity contribution in [3.05, 3.63) is 101 Å². The Balaban J connectivity index is 1.77. The summed E-state index contributed by atoms with van der Waals surface area (Å²) in [5, 5.41) is 0.0587. The lowest BCUT2D eigenvalue weighted by molar-refractivity contribution is 0.593. The molecule has 5 rings (SSSR count). The van der Waals surface area contributed by atoms with Crippen molar-refractivity contribution < 1.29 is 12.8 Å². The Morgan fingerprint density at radius 3 is 2.18 bits per heavy atom. The van der Waals surface area contributed by atoms with Crippen molar-refractivity contribution in [3.8, 4) is 0 Å². The van der Waals surface area contributed by atoms with Gasteiger partial charge >= 0.3 is 0 Å². The summed E-state index contributed by atoms with van der Waals surface area (Å²) < 4.78 is 43.6. The summed E-state index contributed by atoms with van der Waals surface area (Å²) in [5.41, 5.74) is 1.21. The summed E-state index contributed by atoms with van der Waals surface area (Å²) in [4.78, 5) is 15.0. The van der Waals surface area contributed by atoms with E-state index in [1.54, 1.807) is 28.8 Å². The number of hydrogen-bond acceptors (Lipinski definition) is 4. The number of halogens is 1. The number of fused-ring (bicyclic) bond motifs is 1. The van der Waals surface area contributed by atoms with Gasteiger partial charge in [-0.1, -0.05) is 48.5 Å². The molecule has 0 radical (unpaired) electrons. The number of hydrogen-bond donors (Lipinski definition) is 0. The normalized spacial score (nSPS) is 14.2. The molecular weight excluding hydrogens is 439 g/mol. The summed E-state index contributed by atoms with van der Waals surface area (Å²) in [7, 11) is -4.08. The summed E-state index contributed by atoms with van der Waals surface area (Å²) in [6.45, 7) is 1.86. The molecule has 0 saturated carbocycles. The quantitative estimate of drug-likeness (QED) is 0.434. The highest BCUT2D eigenvalue weighted by molar-refractivity contribution is 7.91. The maximum atomic E-state index is 15.1. The van der Waals surface area contributed by atoms with Crippen LogP contribution in [0, 0.1) is 5.82 Å². The molecule has 2 heterocycles. The van der Waals surface area contributed by atoms with Crippen LogP contribution in [0.2, 0.25) is 0 Å². The first-order valence-corrected chi connectivity index (χ1v) is 12.4. The van der Waals surface area contributed by atoms with E-state index in [0.717, 1.165) is 31.5 Å². The molecule has 0 unspecified atom stereocenters. The van der Waals surface area contributed by atoms with Crippen LogP contribution in [-0.2, 0) is 16.4 Å². The molecule has 0 bridgehead atoms. The van der Waals surface area contributed by atoms with Gasteiger partial charge in [0.05, 0.1) is 21.5 Å². The molecule has 7 heteroatoms. The van der Waals surface area contributed by atoms with Gasteiger partial charge in [-0.05, 0) is 42.7 Å². The van der Waals surface area contributed by atoms with E-state index in [1.807, 2.05) is 35.2 Å². The molecule has 1 aliphatic heterocycles. The smallest absolute Gasteiger partial charge is 0.211 e. The number of pyridine rings is 1. The molecule has 0 atom stereocenters. The predicted octanol–water partition coefficient (Wildman–Crippen LogP) is 4.62. The van der Waals surface area contributed by atoms with Crippen molar-refractivity contribution in [2.75, 3.05) is 18.0 Å².